The fraction of sp³-hybridized carbons (Fsp3) is 0. The van der Waals surface area contributed by atoms with Crippen molar-refractivity contribution in [3.63, 3.8) is 0 Å². The Hall–Kier alpha value is -2.79. The zero-order valence-corrected chi connectivity index (χ0v) is 12.8. The molecule has 5 heteroatoms. The maximum atomic E-state index is 13.8. The van der Waals surface area contributed by atoms with Gasteiger partial charge in [0.15, 0.2) is 10.8 Å². The highest BCUT2D eigenvalue weighted by atomic mass is 32.1. The molecule has 0 atom stereocenters. The van der Waals surface area contributed by atoms with Crippen molar-refractivity contribution in [2.45, 2.75) is 0 Å². The van der Waals surface area contributed by atoms with E-state index in [0.29, 0.717) is 22.1 Å². The van der Waals surface area contributed by atoms with E-state index >= 15 is 0 Å². The van der Waals surface area contributed by atoms with Gasteiger partial charge in [-0.05, 0) is 24.3 Å². The molecule has 0 radical (unpaired) electrons. The number of aromatic nitrogens is 2. The third-order valence-electron chi connectivity index (χ3n) is 3.40. The van der Waals surface area contributed by atoms with Crippen LogP contribution in [0.1, 0.15) is 0 Å². The van der Waals surface area contributed by atoms with E-state index in [4.69, 9.17) is 4.42 Å². The zero-order chi connectivity index (χ0) is 15.6. The predicted molar refractivity (Wildman–Crippen MR) is 88.4 cm³/mol. The van der Waals surface area contributed by atoms with Crippen molar-refractivity contribution < 1.29 is 8.81 Å². The predicted octanol–water partition coefficient (Wildman–Crippen LogP) is 5.27. The van der Waals surface area contributed by atoms with Gasteiger partial charge in [-0.3, -0.25) is 0 Å². The van der Waals surface area contributed by atoms with E-state index in [1.54, 1.807) is 30.3 Å². The third kappa shape index (κ3) is 2.66. The first-order valence-corrected chi connectivity index (χ1v) is 7.87. The summed E-state index contributed by atoms with van der Waals surface area (Å²) in [4.78, 5) is 0. The second kappa shape index (κ2) is 5.78. The van der Waals surface area contributed by atoms with Crippen LogP contribution in [0.5, 0.6) is 0 Å². The second-order valence-corrected chi connectivity index (χ2v) is 5.90. The van der Waals surface area contributed by atoms with Crippen LogP contribution in [-0.2, 0) is 0 Å². The Balaban J connectivity index is 1.68. The average molecular weight is 322 g/mol. The molecular weight excluding hydrogens is 311 g/mol. The molecule has 0 bridgehead atoms. The van der Waals surface area contributed by atoms with E-state index in [0.717, 1.165) is 10.6 Å². The van der Waals surface area contributed by atoms with Crippen molar-refractivity contribution in [3.8, 4) is 32.7 Å². The Morgan fingerprint density at radius 1 is 0.739 bits per heavy atom. The van der Waals surface area contributed by atoms with E-state index < -0.39 is 0 Å². The summed E-state index contributed by atoms with van der Waals surface area (Å²) in [7, 11) is 0. The molecule has 0 unspecified atom stereocenters. The topological polar surface area (TPSA) is 38.9 Å². The largest absolute Gasteiger partial charge is 0.453 e. The molecule has 4 rings (SSSR count). The van der Waals surface area contributed by atoms with Crippen molar-refractivity contribution in [3.05, 3.63) is 72.5 Å². The first-order chi connectivity index (χ1) is 11.3. The molecule has 2 aromatic carbocycles. The fourth-order valence-corrected chi connectivity index (χ4v) is 3.09. The van der Waals surface area contributed by atoms with Crippen LogP contribution in [0.3, 0.4) is 0 Å². The molecule has 23 heavy (non-hydrogen) atoms. The minimum atomic E-state index is -0.310. The summed E-state index contributed by atoms with van der Waals surface area (Å²) in [6.45, 7) is 0. The van der Waals surface area contributed by atoms with Crippen molar-refractivity contribution in [1.82, 2.24) is 10.2 Å². The van der Waals surface area contributed by atoms with E-state index in [2.05, 4.69) is 10.2 Å². The Morgan fingerprint density at radius 3 is 2.26 bits per heavy atom. The summed E-state index contributed by atoms with van der Waals surface area (Å²) in [5.41, 5.74) is 1.45. The van der Waals surface area contributed by atoms with Crippen LogP contribution in [0.2, 0.25) is 0 Å². The van der Waals surface area contributed by atoms with Gasteiger partial charge in [0.05, 0.1) is 5.56 Å². The molecule has 112 valence electrons. The van der Waals surface area contributed by atoms with E-state index in [1.807, 2.05) is 30.3 Å². The van der Waals surface area contributed by atoms with Crippen molar-refractivity contribution in [2.24, 2.45) is 0 Å². The van der Waals surface area contributed by atoms with Gasteiger partial charge in [-0.15, -0.1) is 10.2 Å². The lowest BCUT2D eigenvalue weighted by molar-refractivity contribution is 0.580. The first-order valence-electron chi connectivity index (χ1n) is 7.05. The van der Waals surface area contributed by atoms with Gasteiger partial charge in [0.25, 0.3) is 0 Å². The quantitative estimate of drug-likeness (QED) is 0.515. The van der Waals surface area contributed by atoms with Gasteiger partial charge in [0.2, 0.25) is 0 Å². The summed E-state index contributed by atoms with van der Waals surface area (Å²) in [6.07, 6.45) is 0. The third-order valence-corrected chi connectivity index (χ3v) is 4.39. The van der Waals surface area contributed by atoms with E-state index in [1.165, 1.54) is 17.4 Å². The van der Waals surface area contributed by atoms with Crippen LogP contribution < -0.4 is 0 Å². The molecule has 0 aliphatic rings. The van der Waals surface area contributed by atoms with Crippen molar-refractivity contribution >= 4 is 11.3 Å². The Bertz CT molecular complexity index is 946. The SMILES string of the molecule is Fc1ccccc1-c1ccc(-c2nnc(-c3ccccc3)s2)o1. The smallest absolute Gasteiger partial charge is 0.183 e. The molecule has 0 spiro atoms. The van der Waals surface area contributed by atoms with E-state index in [9.17, 15) is 4.39 Å². The number of rotatable bonds is 3. The molecule has 2 aromatic heterocycles. The normalized spacial score (nSPS) is 10.8. The maximum absolute atomic E-state index is 13.8. The molecule has 0 aliphatic carbocycles. The second-order valence-electron chi connectivity index (χ2n) is 4.92. The highest BCUT2D eigenvalue weighted by molar-refractivity contribution is 7.17. The van der Waals surface area contributed by atoms with Gasteiger partial charge in [-0.25, -0.2) is 4.39 Å². The fourth-order valence-electron chi connectivity index (χ4n) is 2.28. The molecule has 2 heterocycles. The summed E-state index contributed by atoms with van der Waals surface area (Å²) in [5, 5.41) is 9.87. The molecule has 0 N–H and O–H groups in total. The molecular formula is C18H11FN2OS. The number of hydrogen-bond donors (Lipinski definition) is 0. The summed E-state index contributed by atoms with van der Waals surface area (Å²) in [6, 6.07) is 19.9. The zero-order valence-electron chi connectivity index (χ0n) is 11.9. The van der Waals surface area contributed by atoms with Crippen molar-refractivity contribution in [1.29, 1.82) is 0 Å². The standard InChI is InChI=1S/C18H11FN2OS/c19-14-9-5-4-8-13(14)15-10-11-16(22-15)18-21-20-17(23-18)12-6-2-1-3-7-12/h1-11H. The van der Waals surface area contributed by atoms with Gasteiger partial charge in [0.1, 0.15) is 16.6 Å². The number of hydrogen-bond acceptors (Lipinski definition) is 4. The summed E-state index contributed by atoms with van der Waals surface area (Å²) < 4.78 is 19.6. The van der Waals surface area contributed by atoms with Crippen LogP contribution in [0.25, 0.3) is 32.7 Å². The van der Waals surface area contributed by atoms with Crippen LogP contribution in [-0.4, -0.2) is 10.2 Å². The Kier molecular flexibility index (Phi) is 3.48. The lowest BCUT2D eigenvalue weighted by Crippen LogP contribution is -1.80. The lowest BCUT2D eigenvalue weighted by atomic mass is 10.1. The van der Waals surface area contributed by atoms with Crippen LogP contribution in [0.15, 0.2) is 71.1 Å². The minimum absolute atomic E-state index is 0.310. The van der Waals surface area contributed by atoms with Crippen molar-refractivity contribution in [2.75, 3.05) is 0 Å². The molecule has 3 nitrogen and oxygen atoms in total. The molecule has 0 amide bonds. The molecule has 0 aliphatic heterocycles. The van der Waals surface area contributed by atoms with Gasteiger partial charge in [0, 0.05) is 5.56 Å². The van der Waals surface area contributed by atoms with Gasteiger partial charge < -0.3 is 4.42 Å². The summed E-state index contributed by atoms with van der Waals surface area (Å²) >= 11 is 1.44. The van der Waals surface area contributed by atoms with Crippen LogP contribution in [0, 0.1) is 5.82 Å². The minimum Gasteiger partial charge on any atom is -0.453 e. The van der Waals surface area contributed by atoms with Gasteiger partial charge in [-0.2, -0.15) is 0 Å². The highest BCUT2D eigenvalue weighted by Gasteiger charge is 2.14. The molecule has 0 fully saturated rings. The van der Waals surface area contributed by atoms with Gasteiger partial charge in [-0.1, -0.05) is 53.8 Å². The van der Waals surface area contributed by atoms with Crippen LogP contribution >= 0.6 is 11.3 Å². The monoisotopic (exact) mass is 322 g/mol. The van der Waals surface area contributed by atoms with Crippen LogP contribution in [0.4, 0.5) is 4.39 Å². The summed E-state index contributed by atoms with van der Waals surface area (Å²) in [5.74, 6) is 0.758. The number of nitrogens with zero attached hydrogens (tertiary/aromatic N) is 2. The average Bonchev–Trinajstić information content (AvgIpc) is 3.25. The van der Waals surface area contributed by atoms with Gasteiger partial charge >= 0.3 is 0 Å². The first kappa shape index (κ1) is 13.8. The molecule has 0 saturated heterocycles. The maximum Gasteiger partial charge on any atom is 0.183 e. The highest BCUT2D eigenvalue weighted by Crippen LogP contribution is 2.33. The molecule has 0 saturated carbocycles. The Labute approximate surface area is 136 Å². The van der Waals surface area contributed by atoms with E-state index in [-0.39, 0.29) is 5.82 Å². The molecule has 4 aromatic rings. The number of furan rings is 1. The lowest BCUT2D eigenvalue weighted by Gasteiger charge is -1.97. The number of benzene rings is 2. The Morgan fingerprint density at radius 2 is 1.43 bits per heavy atom. The number of halogens is 1.